The lowest BCUT2D eigenvalue weighted by molar-refractivity contribution is -0.151. The number of hydrogen-bond acceptors (Lipinski definition) is 5. The Balaban J connectivity index is 1.25. The van der Waals surface area contributed by atoms with Gasteiger partial charge in [-0.05, 0) is 30.9 Å². The van der Waals surface area contributed by atoms with E-state index in [9.17, 15) is 14.4 Å². The summed E-state index contributed by atoms with van der Waals surface area (Å²) < 4.78 is 5.10. The highest BCUT2D eigenvalue weighted by atomic mass is 16.5. The normalized spacial score (nSPS) is 17.3. The van der Waals surface area contributed by atoms with E-state index < -0.39 is 0 Å². The van der Waals surface area contributed by atoms with Crippen molar-refractivity contribution in [1.29, 1.82) is 0 Å². The van der Waals surface area contributed by atoms with Gasteiger partial charge in [-0.2, -0.15) is 0 Å². The highest BCUT2D eigenvalue weighted by Crippen LogP contribution is 2.29. The molecule has 2 aliphatic rings. The molecule has 0 unspecified atom stereocenters. The molecule has 0 spiro atoms. The van der Waals surface area contributed by atoms with E-state index in [4.69, 9.17) is 4.74 Å². The first kappa shape index (κ1) is 25.9. The molecule has 36 heavy (non-hydrogen) atoms. The Morgan fingerprint density at radius 1 is 0.750 bits per heavy atom. The van der Waals surface area contributed by atoms with Gasteiger partial charge in [-0.25, -0.2) is 0 Å². The number of rotatable bonds is 8. The first-order valence-corrected chi connectivity index (χ1v) is 13.1. The lowest BCUT2D eigenvalue weighted by atomic mass is 9.96. The molecule has 7 nitrogen and oxygen atoms in total. The number of nitrogens with zero attached hydrogens (tertiary/aromatic N) is 3. The molecule has 0 aromatic heterocycles. The van der Waals surface area contributed by atoms with E-state index in [1.165, 1.54) is 11.1 Å². The molecule has 2 fully saturated rings. The Hall–Kier alpha value is -3.19. The summed E-state index contributed by atoms with van der Waals surface area (Å²) >= 11 is 0. The molecule has 2 heterocycles. The zero-order valence-corrected chi connectivity index (χ0v) is 21.2. The molecule has 0 radical (unpaired) electrons. The van der Waals surface area contributed by atoms with Crippen molar-refractivity contribution in [2.75, 3.05) is 45.9 Å². The van der Waals surface area contributed by atoms with Crippen LogP contribution in [-0.2, 0) is 19.1 Å². The fraction of sp³-hybridized carbons (Fsp3) is 0.483. The molecule has 7 heteroatoms. The molecule has 0 N–H and O–H groups in total. The Labute approximate surface area is 214 Å². The molecule has 2 aromatic carbocycles. The molecule has 2 aliphatic heterocycles. The van der Waals surface area contributed by atoms with Crippen LogP contribution >= 0.6 is 0 Å². The molecule has 0 atom stereocenters. The third-order valence-electron chi connectivity index (χ3n) is 7.28. The number of esters is 1. The SMILES string of the molecule is CCOC(=O)C1CCN(C(=O)CCC(=O)N2CCN(C(c3ccccc3)c3ccccc3)CC2)CC1. The topological polar surface area (TPSA) is 70.2 Å². The van der Waals surface area contributed by atoms with Gasteiger partial charge in [0.2, 0.25) is 11.8 Å². The van der Waals surface area contributed by atoms with Crippen LogP contribution in [0.3, 0.4) is 0 Å². The largest absolute Gasteiger partial charge is 0.466 e. The predicted octanol–water partition coefficient (Wildman–Crippen LogP) is 3.50. The van der Waals surface area contributed by atoms with Crippen molar-refractivity contribution in [2.24, 2.45) is 5.92 Å². The highest BCUT2D eigenvalue weighted by Gasteiger charge is 2.30. The maximum atomic E-state index is 12.9. The van der Waals surface area contributed by atoms with Crippen LogP contribution < -0.4 is 0 Å². The fourth-order valence-electron chi connectivity index (χ4n) is 5.27. The van der Waals surface area contributed by atoms with E-state index in [0.29, 0.717) is 45.6 Å². The molecule has 0 saturated carbocycles. The van der Waals surface area contributed by atoms with Gasteiger partial charge in [-0.15, -0.1) is 0 Å². The van der Waals surface area contributed by atoms with Gasteiger partial charge >= 0.3 is 5.97 Å². The van der Waals surface area contributed by atoms with Crippen molar-refractivity contribution in [1.82, 2.24) is 14.7 Å². The van der Waals surface area contributed by atoms with Gasteiger partial charge in [0, 0.05) is 52.1 Å². The lowest BCUT2D eigenvalue weighted by Crippen LogP contribution is -2.50. The van der Waals surface area contributed by atoms with Crippen molar-refractivity contribution in [3.8, 4) is 0 Å². The molecule has 0 aliphatic carbocycles. The minimum absolute atomic E-state index is 0.00230. The Morgan fingerprint density at radius 3 is 1.69 bits per heavy atom. The standard InChI is InChI=1S/C29H37N3O4/c1-2-36-29(35)25-15-17-30(18-16-25)26(33)13-14-27(34)31-19-21-32(22-20-31)28(23-9-5-3-6-10-23)24-11-7-4-8-12-24/h3-12,25,28H,2,13-22H2,1H3. The lowest BCUT2D eigenvalue weighted by Gasteiger charge is -2.40. The second-order valence-electron chi connectivity index (χ2n) is 9.55. The summed E-state index contributed by atoms with van der Waals surface area (Å²) in [6, 6.07) is 21.2. The van der Waals surface area contributed by atoms with Gasteiger partial charge in [-0.3, -0.25) is 19.3 Å². The van der Waals surface area contributed by atoms with Crippen molar-refractivity contribution in [2.45, 2.75) is 38.6 Å². The number of carbonyl (C=O) groups is 3. The second-order valence-corrected chi connectivity index (χ2v) is 9.55. The maximum Gasteiger partial charge on any atom is 0.309 e. The van der Waals surface area contributed by atoms with Crippen LogP contribution in [-0.4, -0.2) is 78.4 Å². The third kappa shape index (κ3) is 6.52. The summed E-state index contributed by atoms with van der Waals surface area (Å²) in [6.07, 6.45) is 1.71. The molecular formula is C29H37N3O4. The molecule has 2 saturated heterocycles. The van der Waals surface area contributed by atoms with Crippen molar-refractivity contribution < 1.29 is 19.1 Å². The highest BCUT2D eigenvalue weighted by molar-refractivity contribution is 5.84. The van der Waals surface area contributed by atoms with E-state index in [1.54, 1.807) is 11.8 Å². The summed E-state index contributed by atoms with van der Waals surface area (Å²) in [4.78, 5) is 43.6. The van der Waals surface area contributed by atoms with E-state index >= 15 is 0 Å². The van der Waals surface area contributed by atoms with Gasteiger partial charge in [0.05, 0.1) is 18.6 Å². The first-order chi connectivity index (χ1) is 17.6. The van der Waals surface area contributed by atoms with E-state index in [2.05, 4.69) is 53.4 Å². The van der Waals surface area contributed by atoms with Crippen LogP contribution in [0.4, 0.5) is 0 Å². The predicted molar refractivity (Wildman–Crippen MR) is 138 cm³/mol. The second kappa shape index (κ2) is 12.7. The van der Waals surface area contributed by atoms with Crippen molar-refractivity contribution in [3.05, 3.63) is 71.8 Å². The number of ether oxygens (including phenoxy) is 1. The van der Waals surface area contributed by atoms with Gasteiger partial charge < -0.3 is 14.5 Å². The van der Waals surface area contributed by atoms with Gasteiger partial charge in [0.1, 0.15) is 0 Å². The minimum Gasteiger partial charge on any atom is -0.466 e. The Bertz CT molecular complexity index is 958. The summed E-state index contributed by atoms with van der Waals surface area (Å²) in [7, 11) is 0. The monoisotopic (exact) mass is 491 g/mol. The van der Waals surface area contributed by atoms with Crippen LogP contribution in [0, 0.1) is 5.92 Å². The Morgan fingerprint density at radius 2 is 1.22 bits per heavy atom. The summed E-state index contributed by atoms with van der Waals surface area (Å²) in [5.41, 5.74) is 2.50. The van der Waals surface area contributed by atoms with Gasteiger partial charge in [0.25, 0.3) is 0 Å². The number of piperazine rings is 1. The number of benzene rings is 2. The molecule has 192 valence electrons. The van der Waals surface area contributed by atoms with Crippen LogP contribution in [0.5, 0.6) is 0 Å². The summed E-state index contributed by atoms with van der Waals surface area (Å²) in [6.45, 7) is 6.18. The quantitative estimate of drug-likeness (QED) is 0.529. The molecule has 2 amide bonds. The average Bonchev–Trinajstić information content (AvgIpc) is 2.93. The summed E-state index contributed by atoms with van der Waals surface area (Å²) in [5.74, 6) is -0.249. The van der Waals surface area contributed by atoms with E-state index in [-0.39, 0.29) is 42.6 Å². The first-order valence-electron chi connectivity index (χ1n) is 13.1. The molecular weight excluding hydrogens is 454 g/mol. The zero-order valence-electron chi connectivity index (χ0n) is 21.2. The zero-order chi connectivity index (χ0) is 25.3. The number of carbonyl (C=O) groups excluding carboxylic acids is 3. The van der Waals surface area contributed by atoms with Crippen LogP contribution in [0.1, 0.15) is 49.8 Å². The smallest absolute Gasteiger partial charge is 0.309 e. The van der Waals surface area contributed by atoms with Crippen molar-refractivity contribution in [3.63, 3.8) is 0 Å². The minimum atomic E-state index is -0.166. The molecule has 4 rings (SSSR count). The van der Waals surface area contributed by atoms with E-state index in [0.717, 1.165) is 13.1 Å². The van der Waals surface area contributed by atoms with Crippen LogP contribution in [0.2, 0.25) is 0 Å². The molecule has 0 bridgehead atoms. The fourth-order valence-corrected chi connectivity index (χ4v) is 5.27. The number of likely N-dealkylation sites (tertiary alicyclic amines) is 1. The van der Waals surface area contributed by atoms with Gasteiger partial charge in [0.15, 0.2) is 0 Å². The maximum absolute atomic E-state index is 12.9. The number of piperidine rings is 1. The van der Waals surface area contributed by atoms with Crippen LogP contribution in [0.25, 0.3) is 0 Å². The summed E-state index contributed by atoms with van der Waals surface area (Å²) in [5, 5.41) is 0. The Kier molecular flexibility index (Phi) is 9.11. The van der Waals surface area contributed by atoms with Crippen LogP contribution in [0.15, 0.2) is 60.7 Å². The average molecular weight is 492 g/mol. The van der Waals surface area contributed by atoms with Crippen molar-refractivity contribution >= 4 is 17.8 Å². The third-order valence-corrected chi connectivity index (χ3v) is 7.28. The number of hydrogen-bond donors (Lipinski definition) is 0. The van der Waals surface area contributed by atoms with E-state index in [1.807, 2.05) is 17.0 Å². The molecule has 2 aromatic rings. The van der Waals surface area contributed by atoms with Gasteiger partial charge in [-0.1, -0.05) is 60.7 Å². The number of amides is 2.